The highest BCUT2D eigenvalue weighted by molar-refractivity contribution is 7.91. The van der Waals surface area contributed by atoms with E-state index in [4.69, 9.17) is 20.4 Å². The molecule has 1 aromatic rings. The Balaban J connectivity index is 0.000000983. The van der Waals surface area contributed by atoms with Gasteiger partial charge in [0.25, 0.3) is 0 Å². The number of amides is 2. The molecule has 14 heteroatoms. The van der Waals surface area contributed by atoms with Crippen molar-refractivity contribution < 1.29 is 48.0 Å². The van der Waals surface area contributed by atoms with Crippen molar-refractivity contribution in [3.8, 4) is 0 Å². The Bertz CT molecular complexity index is 1040. The third-order valence-corrected chi connectivity index (χ3v) is 7.80. The van der Waals surface area contributed by atoms with E-state index < -0.39 is 46.2 Å². The molecule has 0 radical (unpaired) electrons. The van der Waals surface area contributed by atoms with E-state index >= 15 is 0 Å². The summed E-state index contributed by atoms with van der Waals surface area (Å²) in [5.74, 6) is -5.09. The fourth-order valence-electron chi connectivity index (χ4n) is 3.63. The molecule has 0 unspecified atom stereocenters. The number of carboxylic acids is 3. The number of likely N-dealkylation sites (N-methyl/N-ethyl adjacent to an activating group) is 2. The molecule has 0 saturated heterocycles. The van der Waals surface area contributed by atoms with Crippen LogP contribution in [0, 0.1) is 0 Å². The monoisotopic (exact) mass is 589 g/mol. The number of hydrogen-bond acceptors (Lipinski definition) is 8. The van der Waals surface area contributed by atoms with E-state index in [9.17, 15) is 27.6 Å². The minimum atomic E-state index is -3.41. The minimum absolute atomic E-state index is 0.0639. The third kappa shape index (κ3) is 12.7. The van der Waals surface area contributed by atoms with E-state index in [0.717, 1.165) is 19.6 Å². The summed E-state index contributed by atoms with van der Waals surface area (Å²) in [6.07, 6.45) is -2.29. The standard InChI is InChI=1S/C20H35N3O3S.C6H8O7/c1-6-21(7-2)14-15-22(8-3)20(24)23(18(4)5)16-17-27(25,26)19-12-10-9-11-13-19;7-3(8)1-6(13,5(11)12)2-4(9)10/h9-13,18H,6-8,14-17H2,1-5H3;13H,1-2H2,(H,7,8)(H,9,10)(H,11,12). The largest absolute Gasteiger partial charge is 0.481 e. The van der Waals surface area contributed by atoms with Gasteiger partial charge >= 0.3 is 23.9 Å². The van der Waals surface area contributed by atoms with E-state index in [0.29, 0.717) is 18.0 Å². The zero-order valence-corrected chi connectivity index (χ0v) is 24.6. The van der Waals surface area contributed by atoms with Gasteiger partial charge in [-0.15, -0.1) is 0 Å². The first-order valence-electron chi connectivity index (χ1n) is 13.0. The van der Waals surface area contributed by atoms with Crippen molar-refractivity contribution in [2.45, 2.75) is 64.0 Å². The van der Waals surface area contributed by atoms with Crippen LogP contribution in [0.25, 0.3) is 0 Å². The summed E-state index contributed by atoms with van der Waals surface area (Å²) in [6.45, 7) is 14.2. The summed E-state index contributed by atoms with van der Waals surface area (Å²) >= 11 is 0. The van der Waals surface area contributed by atoms with Crippen molar-refractivity contribution in [1.82, 2.24) is 14.7 Å². The number of sulfone groups is 1. The van der Waals surface area contributed by atoms with Gasteiger partial charge in [-0.2, -0.15) is 0 Å². The predicted molar refractivity (Wildman–Crippen MR) is 148 cm³/mol. The van der Waals surface area contributed by atoms with Crippen molar-refractivity contribution in [2.75, 3.05) is 45.0 Å². The summed E-state index contributed by atoms with van der Waals surface area (Å²) in [7, 11) is -3.41. The van der Waals surface area contributed by atoms with E-state index in [1.54, 1.807) is 40.1 Å². The van der Waals surface area contributed by atoms with Gasteiger partial charge in [0.05, 0.1) is 23.5 Å². The highest BCUT2D eigenvalue weighted by Gasteiger charge is 2.40. The second-order valence-electron chi connectivity index (χ2n) is 9.29. The van der Waals surface area contributed by atoms with Crippen LogP contribution in [0.2, 0.25) is 0 Å². The lowest BCUT2D eigenvalue weighted by Gasteiger charge is -2.33. The lowest BCUT2D eigenvalue weighted by molar-refractivity contribution is -0.170. The summed E-state index contributed by atoms with van der Waals surface area (Å²) in [5.41, 5.74) is -2.74. The van der Waals surface area contributed by atoms with E-state index in [1.807, 2.05) is 20.8 Å². The SMILES string of the molecule is CCN(CC)CCN(CC)C(=O)N(CCS(=O)(=O)c1ccccc1)C(C)C.O=C(O)CC(O)(CC(=O)O)C(=O)O. The number of carbonyl (C=O) groups is 4. The van der Waals surface area contributed by atoms with Gasteiger partial charge in [-0.05, 0) is 46.0 Å². The van der Waals surface area contributed by atoms with Gasteiger partial charge in [0.1, 0.15) is 0 Å². The van der Waals surface area contributed by atoms with Gasteiger partial charge in [0.2, 0.25) is 0 Å². The number of aliphatic carboxylic acids is 3. The first-order chi connectivity index (χ1) is 18.5. The minimum Gasteiger partial charge on any atom is -0.481 e. The highest BCUT2D eigenvalue weighted by Crippen LogP contribution is 2.16. The third-order valence-electron chi connectivity index (χ3n) is 6.09. The number of aliphatic hydroxyl groups is 1. The molecule has 0 aliphatic carbocycles. The molecule has 0 aromatic heterocycles. The molecule has 1 aromatic carbocycles. The molecule has 0 spiro atoms. The number of nitrogens with zero attached hydrogens (tertiary/aromatic N) is 3. The van der Waals surface area contributed by atoms with Crippen molar-refractivity contribution in [1.29, 1.82) is 0 Å². The van der Waals surface area contributed by atoms with Crippen LogP contribution in [0.15, 0.2) is 35.2 Å². The smallest absolute Gasteiger partial charge is 0.336 e. The zero-order valence-electron chi connectivity index (χ0n) is 23.8. The summed E-state index contributed by atoms with van der Waals surface area (Å²) in [4.78, 5) is 49.5. The lowest BCUT2D eigenvalue weighted by Crippen LogP contribution is -2.49. The maximum atomic E-state index is 13.0. The van der Waals surface area contributed by atoms with Crippen LogP contribution >= 0.6 is 0 Å². The zero-order chi connectivity index (χ0) is 31.1. The van der Waals surface area contributed by atoms with Crippen LogP contribution in [-0.4, -0.2) is 124 Å². The molecule has 40 heavy (non-hydrogen) atoms. The number of benzene rings is 1. The van der Waals surface area contributed by atoms with Crippen molar-refractivity contribution in [3.63, 3.8) is 0 Å². The summed E-state index contributed by atoms with van der Waals surface area (Å²) in [6, 6.07) is 8.25. The van der Waals surface area contributed by atoms with Crippen LogP contribution in [0.3, 0.4) is 0 Å². The molecule has 2 amide bonds. The molecule has 0 saturated carbocycles. The number of carbonyl (C=O) groups excluding carboxylic acids is 1. The van der Waals surface area contributed by atoms with Gasteiger partial charge in [-0.1, -0.05) is 32.0 Å². The second-order valence-corrected chi connectivity index (χ2v) is 11.4. The number of hydrogen-bond donors (Lipinski definition) is 4. The van der Waals surface area contributed by atoms with Gasteiger partial charge in [0.15, 0.2) is 15.4 Å². The lowest BCUT2D eigenvalue weighted by atomic mass is 9.96. The van der Waals surface area contributed by atoms with Crippen molar-refractivity contribution in [3.05, 3.63) is 30.3 Å². The Morgan fingerprint density at radius 2 is 1.32 bits per heavy atom. The summed E-state index contributed by atoms with van der Waals surface area (Å²) in [5, 5.41) is 33.8. The molecule has 1 rings (SSSR count). The predicted octanol–water partition coefficient (Wildman–Crippen LogP) is 1.71. The first kappa shape index (κ1) is 36.8. The van der Waals surface area contributed by atoms with Crippen molar-refractivity contribution in [2.24, 2.45) is 0 Å². The van der Waals surface area contributed by atoms with Gasteiger partial charge in [0, 0.05) is 32.2 Å². The molecule has 228 valence electrons. The molecule has 0 fully saturated rings. The average molecular weight is 590 g/mol. The molecule has 0 heterocycles. The fraction of sp³-hybridized carbons (Fsp3) is 0.615. The molecule has 4 N–H and O–H groups in total. The second kappa shape index (κ2) is 17.5. The fourth-order valence-corrected chi connectivity index (χ4v) is 4.87. The maximum absolute atomic E-state index is 13.0. The van der Waals surface area contributed by atoms with Crippen LogP contribution in [0.4, 0.5) is 4.79 Å². The van der Waals surface area contributed by atoms with Crippen LogP contribution in [0.1, 0.15) is 47.5 Å². The van der Waals surface area contributed by atoms with Crippen LogP contribution < -0.4 is 0 Å². The molecule has 13 nitrogen and oxygen atoms in total. The molecule has 0 aliphatic heterocycles. The number of rotatable bonds is 16. The summed E-state index contributed by atoms with van der Waals surface area (Å²) < 4.78 is 25.1. The van der Waals surface area contributed by atoms with Gasteiger partial charge in [-0.25, -0.2) is 18.0 Å². The average Bonchev–Trinajstić information content (AvgIpc) is 2.86. The topological polar surface area (TPSA) is 193 Å². The van der Waals surface area contributed by atoms with Gasteiger partial charge in [-0.3, -0.25) is 9.59 Å². The van der Waals surface area contributed by atoms with E-state index in [-0.39, 0.29) is 24.4 Å². The Morgan fingerprint density at radius 1 is 0.825 bits per heavy atom. The Hall–Kier alpha value is -3.23. The first-order valence-corrected chi connectivity index (χ1v) is 14.6. The van der Waals surface area contributed by atoms with E-state index in [1.165, 1.54) is 0 Å². The van der Waals surface area contributed by atoms with Gasteiger partial charge < -0.3 is 35.1 Å². The van der Waals surface area contributed by atoms with Crippen LogP contribution in [0.5, 0.6) is 0 Å². The highest BCUT2D eigenvalue weighted by atomic mass is 32.2. The molecule has 0 atom stereocenters. The molecular weight excluding hydrogens is 546 g/mol. The molecule has 0 aliphatic rings. The maximum Gasteiger partial charge on any atom is 0.336 e. The number of urea groups is 1. The van der Waals surface area contributed by atoms with E-state index in [2.05, 4.69) is 18.7 Å². The molecule has 0 bridgehead atoms. The van der Waals surface area contributed by atoms with Crippen LogP contribution in [-0.2, 0) is 24.2 Å². The van der Waals surface area contributed by atoms with Crippen molar-refractivity contribution >= 4 is 33.8 Å². The molecular formula is C26H43N3O10S. The Morgan fingerprint density at radius 3 is 1.70 bits per heavy atom. The Kier molecular flexibility index (Phi) is 16.0. The Labute approximate surface area is 235 Å². The normalized spacial score (nSPS) is 11.5. The number of carboxylic acid groups (broad SMARTS) is 3. The quantitative estimate of drug-likeness (QED) is 0.219.